The molecule has 0 amide bonds. The van der Waals surface area contributed by atoms with Crippen molar-refractivity contribution in [3.8, 4) is 0 Å². The molecule has 4 nitrogen and oxygen atoms in total. The molecule has 0 saturated heterocycles. The lowest BCUT2D eigenvalue weighted by molar-refractivity contribution is 0.545. The highest BCUT2D eigenvalue weighted by atomic mass is 32.2. The van der Waals surface area contributed by atoms with Crippen LogP contribution in [0.1, 0.15) is 45.5 Å². The van der Waals surface area contributed by atoms with Gasteiger partial charge in [-0.3, -0.25) is 0 Å². The van der Waals surface area contributed by atoms with Crippen LogP contribution < -0.4 is 10.6 Å². The highest BCUT2D eigenvalue weighted by molar-refractivity contribution is 7.98. The molecule has 114 valence electrons. The summed E-state index contributed by atoms with van der Waals surface area (Å²) in [4.78, 5) is 9.36. The monoisotopic (exact) mass is 296 g/mol. The lowest BCUT2D eigenvalue weighted by Gasteiger charge is -2.22. The van der Waals surface area contributed by atoms with Gasteiger partial charge in [-0.15, -0.1) is 0 Å². The van der Waals surface area contributed by atoms with Gasteiger partial charge in [-0.1, -0.05) is 20.8 Å². The number of hydrogen-bond donors (Lipinski definition) is 2. The van der Waals surface area contributed by atoms with E-state index >= 15 is 0 Å². The number of anilines is 2. The molecule has 0 aliphatic heterocycles. The van der Waals surface area contributed by atoms with Gasteiger partial charge in [-0.25, -0.2) is 9.97 Å². The number of hydrogen-bond acceptors (Lipinski definition) is 5. The van der Waals surface area contributed by atoms with Crippen LogP contribution in [0.25, 0.3) is 0 Å². The number of rotatable bonds is 6. The van der Waals surface area contributed by atoms with E-state index in [-0.39, 0.29) is 5.41 Å². The van der Waals surface area contributed by atoms with Crippen molar-refractivity contribution in [2.45, 2.75) is 52.5 Å². The first-order chi connectivity index (χ1) is 9.29. The fraction of sp³-hybridized carbons (Fsp3) is 0.733. The van der Waals surface area contributed by atoms with Crippen LogP contribution in [0.2, 0.25) is 0 Å². The molecule has 1 rings (SSSR count). The first kappa shape index (κ1) is 17.1. The maximum Gasteiger partial charge on any atom is 0.138 e. The second-order valence-electron chi connectivity index (χ2n) is 6.20. The third-order valence-electron chi connectivity index (χ3n) is 3.19. The van der Waals surface area contributed by atoms with Gasteiger partial charge in [0.25, 0.3) is 0 Å². The second-order valence-corrected chi connectivity index (χ2v) is 7.18. The third kappa shape index (κ3) is 4.54. The van der Waals surface area contributed by atoms with E-state index in [1.165, 1.54) is 0 Å². The van der Waals surface area contributed by atoms with Crippen molar-refractivity contribution >= 4 is 23.4 Å². The highest BCUT2D eigenvalue weighted by Gasteiger charge is 2.21. The minimum Gasteiger partial charge on any atom is -0.373 e. The average molecular weight is 296 g/mol. The molecule has 0 bridgehead atoms. The van der Waals surface area contributed by atoms with E-state index in [4.69, 9.17) is 4.98 Å². The van der Waals surface area contributed by atoms with E-state index in [1.54, 1.807) is 0 Å². The molecular formula is C15H28N4S. The SMILES string of the molecule is CNc1nc(C(C)(C)C)nc(NC(C)CCSC)c1C. The van der Waals surface area contributed by atoms with Crippen LogP contribution in [0.3, 0.4) is 0 Å². The van der Waals surface area contributed by atoms with Gasteiger partial charge in [0, 0.05) is 24.1 Å². The molecule has 20 heavy (non-hydrogen) atoms. The summed E-state index contributed by atoms with van der Waals surface area (Å²) in [6, 6.07) is 0.411. The van der Waals surface area contributed by atoms with E-state index in [9.17, 15) is 0 Å². The van der Waals surface area contributed by atoms with Gasteiger partial charge in [-0.2, -0.15) is 11.8 Å². The van der Waals surface area contributed by atoms with Crippen molar-refractivity contribution < 1.29 is 0 Å². The maximum atomic E-state index is 4.73. The molecule has 1 heterocycles. The van der Waals surface area contributed by atoms with Crippen molar-refractivity contribution in [3.05, 3.63) is 11.4 Å². The van der Waals surface area contributed by atoms with Crippen LogP contribution in [0.15, 0.2) is 0 Å². The smallest absolute Gasteiger partial charge is 0.138 e. The Bertz CT molecular complexity index is 440. The predicted octanol–water partition coefficient (Wildman–Crippen LogP) is 3.68. The van der Waals surface area contributed by atoms with E-state index in [2.05, 4.69) is 56.5 Å². The molecule has 0 saturated carbocycles. The zero-order valence-electron chi connectivity index (χ0n) is 13.8. The molecule has 0 aromatic carbocycles. The van der Waals surface area contributed by atoms with E-state index < -0.39 is 0 Å². The van der Waals surface area contributed by atoms with E-state index in [0.717, 1.165) is 35.2 Å². The van der Waals surface area contributed by atoms with Crippen molar-refractivity contribution in [3.63, 3.8) is 0 Å². The van der Waals surface area contributed by atoms with Crippen molar-refractivity contribution in [2.75, 3.05) is 29.7 Å². The normalized spacial score (nSPS) is 13.2. The summed E-state index contributed by atoms with van der Waals surface area (Å²) < 4.78 is 0. The van der Waals surface area contributed by atoms with Crippen molar-refractivity contribution in [1.82, 2.24) is 9.97 Å². The minimum absolute atomic E-state index is 0.0573. The maximum absolute atomic E-state index is 4.73. The second kappa shape index (κ2) is 7.16. The van der Waals surface area contributed by atoms with Crippen LogP contribution in [0.5, 0.6) is 0 Å². The number of aromatic nitrogens is 2. The molecule has 2 N–H and O–H groups in total. The first-order valence-corrected chi connectivity index (χ1v) is 8.51. The molecule has 0 radical (unpaired) electrons. The molecule has 1 aromatic rings. The number of nitrogens with one attached hydrogen (secondary N) is 2. The quantitative estimate of drug-likeness (QED) is 0.838. The van der Waals surface area contributed by atoms with Gasteiger partial charge in [-0.05, 0) is 32.3 Å². The molecule has 1 unspecified atom stereocenters. The Kier molecular flexibility index (Phi) is 6.11. The Morgan fingerprint density at radius 3 is 2.30 bits per heavy atom. The van der Waals surface area contributed by atoms with Crippen LogP contribution in [-0.2, 0) is 5.41 Å². The average Bonchev–Trinajstić information content (AvgIpc) is 2.37. The highest BCUT2D eigenvalue weighted by Crippen LogP contribution is 2.26. The lowest BCUT2D eigenvalue weighted by atomic mass is 9.95. The van der Waals surface area contributed by atoms with Gasteiger partial charge in [0.2, 0.25) is 0 Å². The summed E-state index contributed by atoms with van der Waals surface area (Å²) in [5.41, 5.74) is 1.02. The van der Waals surface area contributed by atoms with Gasteiger partial charge in [0.15, 0.2) is 0 Å². The van der Waals surface area contributed by atoms with E-state index in [0.29, 0.717) is 6.04 Å². The standard InChI is InChI=1S/C15H28N4S/c1-10(8-9-20-7)17-13-11(2)12(16-6)18-14(19-13)15(3,4)5/h10H,8-9H2,1-7H3,(H2,16,17,18,19). The van der Waals surface area contributed by atoms with Gasteiger partial charge in [0.05, 0.1) is 0 Å². The molecule has 0 fully saturated rings. The van der Waals surface area contributed by atoms with Crippen LogP contribution >= 0.6 is 11.8 Å². The summed E-state index contributed by atoms with van der Waals surface area (Å²) in [5, 5.41) is 6.70. The first-order valence-electron chi connectivity index (χ1n) is 7.12. The number of nitrogens with zero attached hydrogens (tertiary/aromatic N) is 2. The lowest BCUT2D eigenvalue weighted by Crippen LogP contribution is -2.22. The summed E-state index contributed by atoms with van der Waals surface area (Å²) in [6.45, 7) is 10.7. The van der Waals surface area contributed by atoms with Gasteiger partial charge >= 0.3 is 0 Å². The van der Waals surface area contributed by atoms with E-state index in [1.807, 2.05) is 18.8 Å². The minimum atomic E-state index is -0.0573. The summed E-state index contributed by atoms with van der Waals surface area (Å²) in [7, 11) is 1.91. The topological polar surface area (TPSA) is 49.8 Å². The Morgan fingerprint density at radius 1 is 1.20 bits per heavy atom. The Hall–Kier alpha value is -0.970. The Labute approximate surface area is 127 Å². The molecule has 1 aromatic heterocycles. The summed E-state index contributed by atoms with van der Waals surface area (Å²) in [6.07, 6.45) is 3.27. The third-order valence-corrected chi connectivity index (χ3v) is 3.84. The summed E-state index contributed by atoms with van der Waals surface area (Å²) >= 11 is 1.87. The predicted molar refractivity (Wildman–Crippen MR) is 91.1 cm³/mol. The Morgan fingerprint density at radius 2 is 1.80 bits per heavy atom. The molecule has 1 atom stereocenters. The largest absolute Gasteiger partial charge is 0.373 e. The van der Waals surface area contributed by atoms with Crippen LogP contribution in [-0.4, -0.2) is 35.1 Å². The molecule has 0 aliphatic rings. The zero-order chi connectivity index (χ0) is 15.3. The molecule has 0 spiro atoms. The zero-order valence-corrected chi connectivity index (χ0v) is 14.6. The van der Waals surface area contributed by atoms with Gasteiger partial charge in [0.1, 0.15) is 17.5 Å². The van der Waals surface area contributed by atoms with Crippen LogP contribution in [0, 0.1) is 6.92 Å². The Balaban J connectivity index is 3.05. The van der Waals surface area contributed by atoms with Crippen LogP contribution in [0.4, 0.5) is 11.6 Å². The fourth-order valence-corrected chi connectivity index (χ4v) is 2.43. The molecule has 5 heteroatoms. The molecular weight excluding hydrogens is 268 g/mol. The molecule has 0 aliphatic carbocycles. The summed E-state index contributed by atoms with van der Waals surface area (Å²) in [5.74, 6) is 3.88. The van der Waals surface area contributed by atoms with Crippen molar-refractivity contribution in [1.29, 1.82) is 0 Å². The van der Waals surface area contributed by atoms with Crippen molar-refractivity contribution in [2.24, 2.45) is 0 Å². The fourth-order valence-electron chi connectivity index (χ4n) is 1.84. The number of thioether (sulfide) groups is 1. The van der Waals surface area contributed by atoms with Gasteiger partial charge < -0.3 is 10.6 Å².